The van der Waals surface area contributed by atoms with Crippen LogP contribution in [0, 0.1) is 12.8 Å². The van der Waals surface area contributed by atoms with Crippen LogP contribution in [-0.2, 0) is 32.6 Å². The Bertz CT molecular complexity index is 1680. The molecule has 0 heterocycles. The predicted octanol–water partition coefficient (Wildman–Crippen LogP) is 6.91. The normalized spacial score (nSPS) is 12.0. The van der Waals surface area contributed by atoms with Gasteiger partial charge in [-0.1, -0.05) is 109 Å². The van der Waals surface area contributed by atoms with E-state index in [0.717, 1.165) is 15.4 Å². The zero-order chi connectivity index (χ0) is 32.6. The predicted molar refractivity (Wildman–Crippen MR) is 181 cm³/mol. The fourth-order valence-corrected chi connectivity index (χ4v) is 6.74. The number of nitrogens with zero attached hydrogens (tertiary/aromatic N) is 2. The summed E-state index contributed by atoms with van der Waals surface area (Å²) in [5.74, 6) is -0.787. The van der Waals surface area contributed by atoms with E-state index in [9.17, 15) is 18.0 Å². The van der Waals surface area contributed by atoms with Crippen LogP contribution in [0.15, 0.2) is 108 Å². The molecular formula is C35H37Cl2N3O4S. The maximum Gasteiger partial charge on any atom is 0.264 e. The van der Waals surface area contributed by atoms with Gasteiger partial charge >= 0.3 is 0 Å². The number of anilines is 1. The van der Waals surface area contributed by atoms with Gasteiger partial charge in [-0.15, -0.1) is 0 Å². The average molecular weight is 667 g/mol. The van der Waals surface area contributed by atoms with Crippen LogP contribution in [0.2, 0.25) is 10.0 Å². The lowest BCUT2D eigenvalue weighted by Gasteiger charge is -2.34. The Hall–Kier alpha value is -3.85. The highest BCUT2D eigenvalue weighted by Crippen LogP contribution is 2.29. The van der Waals surface area contributed by atoms with Crippen molar-refractivity contribution in [3.63, 3.8) is 0 Å². The molecule has 10 heteroatoms. The first-order valence-electron chi connectivity index (χ1n) is 14.7. The van der Waals surface area contributed by atoms with Crippen molar-refractivity contribution in [1.29, 1.82) is 0 Å². The minimum Gasteiger partial charge on any atom is -0.354 e. The molecule has 0 fully saturated rings. The Balaban J connectivity index is 1.82. The summed E-state index contributed by atoms with van der Waals surface area (Å²) in [5, 5.41) is 3.62. The number of hydrogen-bond acceptors (Lipinski definition) is 4. The smallest absolute Gasteiger partial charge is 0.264 e. The van der Waals surface area contributed by atoms with Gasteiger partial charge in [0.25, 0.3) is 10.0 Å². The van der Waals surface area contributed by atoms with Crippen LogP contribution in [0.1, 0.15) is 30.5 Å². The summed E-state index contributed by atoms with van der Waals surface area (Å²) in [6.45, 7) is 5.57. The van der Waals surface area contributed by atoms with Gasteiger partial charge in [0, 0.05) is 35.1 Å². The molecule has 2 amide bonds. The van der Waals surface area contributed by atoms with Crippen molar-refractivity contribution in [2.24, 2.45) is 5.92 Å². The van der Waals surface area contributed by atoms with Crippen LogP contribution in [0.3, 0.4) is 0 Å². The van der Waals surface area contributed by atoms with Crippen LogP contribution in [0.5, 0.6) is 0 Å². The second-order valence-corrected chi connectivity index (χ2v) is 13.9. The molecule has 0 aliphatic rings. The summed E-state index contributed by atoms with van der Waals surface area (Å²) < 4.78 is 29.2. The van der Waals surface area contributed by atoms with E-state index < -0.39 is 28.5 Å². The first-order valence-corrected chi connectivity index (χ1v) is 16.9. The van der Waals surface area contributed by atoms with Gasteiger partial charge in [-0.05, 0) is 54.8 Å². The molecule has 4 aromatic carbocycles. The van der Waals surface area contributed by atoms with E-state index in [2.05, 4.69) is 5.32 Å². The third kappa shape index (κ3) is 8.87. The summed E-state index contributed by atoms with van der Waals surface area (Å²) in [6.07, 6.45) is 0.189. The van der Waals surface area contributed by atoms with Crippen LogP contribution in [0.4, 0.5) is 5.69 Å². The molecule has 236 valence electrons. The van der Waals surface area contributed by atoms with Gasteiger partial charge in [0.2, 0.25) is 11.8 Å². The first kappa shape index (κ1) is 34.0. The maximum absolute atomic E-state index is 14.5. The van der Waals surface area contributed by atoms with E-state index in [-0.39, 0.29) is 29.7 Å². The third-order valence-corrected chi connectivity index (χ3v) is 9.77. The van der Waals surface area contributed by atoms with Crippen molar-refractivity contribution in [2.45, 2.75) is 44.7 Å². The van der Waals surface area contributed by atoms with Crippen molar-refractivity contribution in [3.05, 3.63) is 130 Å². The molecule has 1 atom stereocenters. The van der Waals surface area contributed by atoms with E-state index in [1.54, 1.807) is 60.7 Å². The van der Waals surface area contributed by atoms with Crippen LogP contribution in [0.25, 0.3) is 0 Å². The molecule has 0 saturated carbocycles. The molecule has 1 N–H and O–H groups in total. The fourth-order valence-electron chi connectivity index (χ4n) is 4.79. The number of benzene rings is 4. The number of aryl methyl sites for hydroxylation is 1. The SMILES string of the molecule is Cc1ccc(N(CC(=O)N(Cc2c(Cl)cccc2Cl)[C@@H](Cc2ccccc2)C(=O)NCC(C)C)S(=O)(=O)c2ccccc2)cc1. The number of rotatable bonds is 13. The minimum atomic E-state index is -4.18. The van der Waals surface area contributed by atoms with E-state index in [0.29, 0.717) is 27.8 Å². The maximum atomic E-state index is 14.5. The van der Waals surface area contributed by atoms with Crippen LogP contribution >= 0.6 is 23.2 Å². The Kier molecular flexibility index (Phi) is 11.7. The molecule has 45 heavy (non-hydrogen) atoms. The van der Waals surface area contributed by atoms with Gasteiger partial charge < -0.3 is 10.2 Å². The first-order chi connectivity index (χ1) is 21.5. The molecule has 7 nitrogen and oxygen atoms in total. The lowest BCUT2D eigenvalue weighted by Crippen LogP contribution is -2.53. The third-order valence-electron chi connectivity index (χ3n) is 7.28. The summed E-state index contributed by atoms with van der Waals surface area (Å²) in [4.78, 5) is 29.8. The lowest BCUT2D eigenvalue weighted by atomic mass is 10.0. The van der Waals surface area contributed by atoms with Crippen molar-refractivity contribution in [1.82, 2.24) is 10.2 Å². The molecule has 0 unspecified atom stereocenters. The van der Waals surface area contributed by atoms with E-state index >= 15 is 0 Å². The molecule has 4 rings (SSSR count). The number of amides is 2. The quantitative estimate of drug-likeness (QED) is 0.168. The van der Waals surface area contributed by atoms with Crippen molar-refractivity contribution in [3.8, 4) is 0 Å². The number of carbonyl (C=O) groups excluding carboxylic acids is 2. The number of sulfonamides is 1. The molecule has 0 saturated heterocycles. The number of hydrogen-bond donors (Lipinski definition) is 1. The average Bonchev–Trinajstić information content (AvgIpc) is 3.03. The lowest BCUT2D eigenvalue weighted by molar-refractivity contribution is -0.140. The van der Waals surface area contributed by atoms with Gasteiger partial charge in [-0.3, -0.25) is 13.9 Å². The monoisotopic (exact) mass is 665 g/mol. The highest BCUT2D eigenvalue weighted by atomic mass is 35.5. The highest BCUT2D eigenvalue weighted by molar-refractivity contribution is 7.92. The van der Waals surface area contributed by atoms with Gasteiger partial charge in [-0.25, -0.2) is 8.42 Å². The number of nitrogens with one attached hydrogen (secondary N) is 1. The molecule has 0 bridgehead atoms. The molecular weight excluding hydrogens is 629 g/mol. The van der Waals surface area contributed by atoms with Gasteiger partial charge in [0.15, 0.2) is 0 Å². The minimum absolute atomic E-state index is 0.0367. The van der Waals surface area contributed by atoms with Crippen molar-refractivity contribution < 1.29 is 18.0 Å². The zero-order valence-electron chi connectivity index (χ0n) is 25.5. The molecule has 0 aliphatic carbocycles. The number of halogens is 2. The van der Waals surface area contributed by atoms with E-state index in [1.807, 2.05) is 51.1 Å². The summed E-state index contributed by atoms with van der Waals surface area (Å²) in [7, 11) is -4.18. The van der Waals surface area contributed by atoms with Gasteiger partial charge in [-0.2, -0.15) is 0 Å². The summed E-state index contributed by atoms with van der Waals surface area (Å²) in [5.41, 5.74) is 2.54. The Morgan fingerprint density at radius 3 is 1.96 bits per heavy atom. The highest BCUT2D eigenvalue weighted by Gasteiger charge is 2.35. The second kappa shape index (κ2) is 15.4. The van der Waals surface area contributed by atoms with Crippen molar-refractivity contribution >= 4 is 50.7 Å². The standard InChI is InChI=1S/C35H37Cl2N3O4S/c1-25(2)22-38-35(42)33(21-27-11-6-4-7-12-27)39(23-30-31(36)15-10-16-32(30)37)34(41)24-40(28-19-17-26(3)18-20-28)45(43,44)29-13-8-5-9-14-29/h4-20,25,33H,21-24H2,1-3H3,(H,38,42)/t33-/m0/s1. The van der Waals surface area contributed by atoms with Gasteiger partial charge in [0.1, 0.15) is 12.6 Å². The van der Waals surface area contributed by atoms with E-state index in [1.165, 1.54) is 17.0 Å². The number of carbonyl (C=O) groups is 2. The molecule has 0 spiro atoms. The second-order valence-electron chi connectivity index (χ2n) is 11.2. The molecule has 0 aromatic heterocycles. The van der Waals surface area contributed by atoms with E-state index in [4.69, 9.17) is 23.2 Å². The molecule has 0 radical (unpaired) electrons. The fraction of sp³-hybridized carbons (Fsp3) is 0.257. The Labute approximate surface area is 275 Å². The summed E-state index contributed by atoms with van der Waals surface area (Å²) in [6, 6.07) is 28.2. The van der Waals surface area contributed by atoms with Crippen molar-refractivity contribution in [2.75, 3.05) is 17.4 Å². The molecule has 4 aromatic rings. The van der Waals surface area contributed by atoms with Crippen LogP contribution < -0.4 is 9.62 Å². The Morgan fingerprint density at radius 2 is 1.38 bits per heavy atom. The van der Waals surface area contributed by atoms with Crippen LogP contribution in [-0.4, -0.2) is 44.3 Å². The summed E-state index contributed by atoms with van der Waals surface area (Å²) >= 11 is 13.1. The largest absolute Gasteiger partial charge is 0.354 e. The zero-order valence-corrected chi connectivity index (χ0v) is 27.8. The molecule has 0 aliphatic heterocycles. The van der Waals surface area contributed by atoms with Gasteiger partial charge in [0.05, 0.1) is 10.6 Å². The topological polar surface area (TPSA) is 86.8 Å². The Morgan fingerprint density at radius 1 is 0.800 bits per heavy atom.